The van der Waals surface area contributed by atoms with Gasteiger partial charge in [0.25, 0.3) is 0 Å². The van der Waals surface area contributed by atoms with Gasteiger partial charge in [0.05, 0.1) is 12.1 Å². The number of aliphatic hydroxyl groups excluding tert-OH is 1. The lowest BCUT2D eigenvalue weighted by Gasteiger charge is -2.35. The van der Waals surface area contributed by atoms with Crippen LogP contribution in [0.4, 0.5) is 4.79 Å². The lowest BCUT2D eigenvalue weighted by atomic mass is 9.94. The Kier molecular flexibility index (Phi) is 5.41. The molecule has 2 unspecified atom stereocenters. The summed E-state index contributed by atoms with van der Waals surface area (Å²) in [5, 5.41) is 15.9. The number of aliphatic hydroxyl groups is 1. The van der Waals surface area contributed by atoms with Crippen LogP contribution in [-0.2, 0) is 4.79 Å². The van der Waals surface area contributed by atoms with E-state index in [0.717, 1.165) is 13.0 Å². The van der Waals surface area contributed by atoms with Crippen molar-refractivity contribution in [3.63, 3.8) is 0 Å². The van der Waals surface area contributed by atoms with Gasteiger partial charge in [-0.05, 0) is 25.8 Å². The van der Waals surface area contributed by atoms with Crippen molar-refractivity contribution in [1.29, 1.82) is 0 Å². The summed E-state index contributed by atoms with van der Waals surface area (Å²) in [5.74, 6) is -0.0452. The van der Waals surface area contributed by atoms with E-state index in [4.69, 9.17) is 0 Å². The zero-order valence-corrected chi connectivity index (χ0v) is 12.8. The Balaban J connectivity index is 1.79. The van der Waals surface area contributed by atoms with Crippen molar-refractivity contribution in [2.24, 2.45) is 5.92 Å². The summed E-state index contributed by atoms with van der Waals surface area (Å²) in [6.45, 7) is 2.58. The molecule has 7 nitrogen and oxygen atoms in total. The standard InChI is InChI=1S/C14H26N4O3/c1-17(2)14(21)18-7-4-10(5-8-18)13(20)16-11-3-6-15-9-12(11)19/h10-12,15,19H,3-9H2,1-2H3,(H,16,20). The van der Waals surface area contributed by atoms with E-state index < -0.39 is 6.10 Å². The molecule has 0 aromatic rings. The summed E-state index contributed by atoms with van der Waals surface area (Å²) in [6.07, 6.45) is 1.61. The number of rotatable bonds is 2. The third-order valence-electron chi connectivity index (χ3n) is 4.30. The third kappa shape index (κ3) is 4.07. The maximum Gasteiger partial charge on any atom is 0.319 e. The smallest absolute Gasteiger partial charge is 0.319 e. The fourth-order valence-corrected chi connectivity index (χ4v) is 2.93. The van der Waals surface area contributed by atoms with E-state index in [0.29, 0.717) is 32.5 Å². The minimum Gasteiger partial charge on any atom is -0.390 e. The average Bonchev–Trinajstić information content (AvgIpc) is 2.49. The number of nitrogens with one attached hydrogen (secondary N) is 2. The summed E-state index contributed by atoms with van der Waals surface area (Å²) >= 11 is 0. The Morgan fingerprint density at radius 2 is 1.90 bits per heavy atom. The predicted octanol–water partition coefficient (Wildman–Crippen LogP) is -0.781. The second-order valence-corrected chi connectivity index (χ2v) is 6.11. The molecule has 2 fully saturated rings. The fraction of sp³-hybridized carbons (Fsp3) is 0.857. The molecule has 3 amide bonds. The SMILES string of the molecule is CN(C)C(=O)N1CCC(C(=O)NC2CCNCC2O)CC1. The molecule has 21 heavy (non-hydrogen) atoms. The minimum atomic E-state index is -0.516. The van der Waals surface area contributed by atoms with Crippen LogP contribution in [0.2, 0.25) is 0 Å². The van der Waals surface area contributed by atoms with Gasteiger partial charge < -0.3 is 25.5 Å². The quantitative estimate of drug-likeness (QED) is 0.624. The van der Waals surface area contributed by atoms with E-state index in [1.807, 2.05) is 0 Å². The molecule has 2 aliphatic heterocycles. The number of nitrogens with zero attached hydrogens (tertiary/aromatic N) is 2. The van der Waals surface area contributed by atoms with Gasteiger partial charge in [-0.2, -0.15) is 0 Å². The molecule has 0 aromatic carbocycles. The molecule has 2 atom stereocenters. The van der Waals surface area contributed by atoms with Gasteiger partial charge >= 0.3 is 6.03 Å². The first-order valence-electron chi connectivity index (χ1n) is 7.64. The molecule has 0 aromatic heterocycles. The van der Waals surface area contributed by atoms with Gasteiger partial charge in [0.1, 0.15) is 0 Å². The number of carbonyl (C=O) groups excluding carboxylic acids is 2. The zero-order chi connectivity index (χ0) is 15.4. The van der Waals surface area contributed by atoms with Crippen LogP contribution >= 0.6 is 0 Å². The van der Waals surface area contributed by atoms with Gasteiger partial charge in [-0.3, -0.25) is 4.79 Å². The normalized spacial score (nSPS) is 27.3. The first-order valence-corrected chi connectivity index (χ1v) is 7.64. The number of amides is 3. The highest BCUT2D eigenvalue weighted by atomic mass is 16.3. The maximum absolute atomic E-state index is 12.3. The highest BCUT2D eigenvalue weighted by Crippen LogP contribution is 2.19. The molecule has 0 aliphatic carbocycles. The van der Waals surface area contributed by atoms with Crippen LogP contribution in [0.3, 0.4) is 0 Å². The molecule has 7 heteroatoms. The fourth-order valence-electron chi connectivity index (χ4n) is 2.93. The highest BCUT2D eigenvalue weighted by Gasteiger charge is 2.31. The number of hydrogen-bond acceptors (Lipinski definition) is 4. The monoisotopic (exact) mass is 298 g/mol. The molecular formula is C14H26N4O3. The number of β-amino-alcohol motifs (C(OH)–C–C–N with tert-alkyl or cyclic N) is 1. The van der Waals surface area contributed by atoms with Gasteiger partial charge in [0, 0.05) is 39.6 Å². The largest absolute Gasteiger partial charge is 0.390 e. The molecule has 120 valence electrons. The van der Waals surface area contributed by atoms with E-state index in [9.17, 15) is 14.7 Å². The van der Waals surface area contributed by atoms with E-state index in [2.05, 4.69) is 10.6 Å². The molecule has 0 radical (unpaired) electrons. The van der Waals surface area contributed by atoms with Gasteiger partial charge in [-0.15, -0.1) is 0 Å². The molecule has 0 spiro atoms. The molecular weight excluding hydrogens is 272 g/mol. The Morgan fingerprint density at radius 3 is 2.48 bits per heavy atom. The van der Waals surface area contributed by atoms with Gasteiger partial charge in [0.2, 0.25) is 5.91 Å². The lowest BCUT2D eigenvalue weighted by molar-refractivity contribution is -0.128. The summed E-state index contributed by atoms with van der Waals surface area (Å²) in [7, 11) is 3.47. The first-order chi connectivity index (χ1) is 9.99. The average molecular weight is 298 g/mol. The number of piperidine rings is 2. The van der Waals surface area contributed by atoms with Crippen LogP contribution in [0.25, 0.3) is 0 Å². The third-order valence-corrected chi connectivity index (χ3v) is 4.30. The topological polar surface area (TPSA) is 84.9 Å². The van der Waals surface area contributed by atoms with Gasteiger partial charge in [0.15, 0.2) is 0 Å². The lowest BCUT2D eigenvalue weighted by Crippen LogP contribution is -2.54. The van der Waals surface area contributed by atoms with E-state index in [-0.39, 0.29) is 23.9 Å². The van der Waals surface area contributed by atoms with Crippen LogP contribution in [0.5, 0.6) is 0 Å². The number of carbonyl (C=O) groups is 2. The van der Waals surface area contributed by atoms with Gasteiger partial charge in [-0.25, -0.2) is 4.79 Å². The van der Waals surface area contributed by atoms with Crippen molar-refractivity contribution >= 4 is 11.9 Å². The Bertz CT molecular complexity index is 380. The molecule has 2 rings (SSSR count). The Labute approximate surface area is 125 Å². The number of urea groups is 1. The summed E-state index contributed by atoms with van der Waals surface area (Å²) in [6, 6.07) is -0.150. The summed E-state index contributed by atoms with van der Waals surface area (Å²) < 4.78 is 0. The number of likely N-dealkylation sites (tertiary alicyclic amines) is 1. The first kappa shape index (κ1) is 16.0. The predicted molar refractivity (Wildman–Crippen MR) is 78.8 cm³/mol. The van der Waals surface area contributed by atoms with Crippen molar-refractivity contribution in [3.05, 3.63) is 0 Å². The van der Waals surface area contributed by atoms with Crippen molar-refractivity contribution < 1.29 is 14.7 Å². The minimum absolute atomic E-state index is 0.00244. The molecule has 0 saturated carbocycles. The second-order valence-electron chi connectivity index (χ2n) is 6.11. The van der Waals surface area contributed by atoms with Crippen LogP contribution in [0, 0.1) is 5.92 Å². The Hall–Kier alpha value is -1.34. The van der Waals surface area contributed by atoms with Crippen molar-refractivity contribution in [3.8, 4) is 0 Å². The van der Waals surface area contributed by atoms with Crippen molar-refractivity contribution in [2.45, 2.75) is 31.4 Å². The molecule has 3 N–H and O–H groups in total. The maximum atomic E-state index is 12.3. The summed E-state index contributed by atoms with van der Waals surface area (Å²) in [5.41, 5.74) is 0. The van der Waals surface area contributed by atoms with Crippen LogP contribution in [0.1, 0.15) is 19.3 Å². The summed E-state index contributed by atoms with van der Waals surface area (Å²) in [4.78, 5) is 27.5. The van der Waals surface area contributed by atoms with Crippen LogP contribution < -0.4 is 10.6 Å². The van der Waals surface area contributed by atoms with E-state index in [1.165, 1.54) is 0 Å². The molecule has 0 bridgehead atoms. The van der Waals surface area contributed by atoms with E-state index >= 15 is 0 Å². The second kappa shape index (κ2) is 7.09. The molecule has 2 aliphatic rings. The van der Waals surface area contributed by atoms with Crippen LogP contribution in [-0.4, -0.2) is 79.3 Å². The van der Waals surface area contributed by atoms with Crippen LogP contribution in [0.15, 0.2) is 0 Å². The Morgan fingerprint density at radius 1 is 1.24 bits per heavy atom. The van der Waals surface area contributed by atoms with E-state index in [1.54, 1.807) is 23.9 Å². The van der Waals surface area contributed by atoms with Crippen molar-refractivity contribution in [1.82, 2.24) is 20.4 Å². The van der Waals surface area contributed by atoms with Crippen molar-refractivity contribution in [2.75, 3.05) is 40.3 Å². The highest BCUT2D eigenvalue weighted by molar-refractivity contribution is 5.80. The molecule has 2 heterocycles. The molecule has 2 saturated heterocycles. The van der Waals surface area contributed by atoms with Gasteiger partial charge in [-0.1, -0.05) is 0 Å². The zero-order valence-electron chi connectivity index (χ0n) is 12.8. The number of hydrogen-bond donors (Lipinski definition) is 3.